The van der Waals surface area contributed by atoms with E-state index in [1.165, 1.54) is 0 Å². The minimum Gasteiger partial charge on any atom is -0.497 e. The Bertz CT molecular complexity index is 1280. The zero-order valence-electron chi connectivity index (χ0n) is 19.0. The number of imidazole rings is 1. The lowest BCUT2D eigenvalue weighted by Crippen LogP contribution is -2.41. The highest BCUT2D eigenvalue weighted by molar-refractivity contribution is 5.81. The van der Waals surface area contributed by atoms with Gasteiger partial charge in [-0.1, -0.05) is 24.3 Å². The molecule has 0 spiro atoms. The van der Waals surface area contributed by atoms with E-state index in [2.05, 4.69) is 9.97 Å². The molecule has 1 unspecified atom stereocenters. The summed E-state index contributed by atoms with van der Waals surface area (Å²) in [5, 5.41) is 0. The average Bonchev–Trinajstić information content (AvgIpc) is 3.43. The van der Waals surface area contributed by atoms with E-state index in [-0.39, 0.29) is 11.8 Å². The summed E-state index contributed by atoms with van der Waals surface area (Å²) in [7, 11) is 1.67. The largest absolute Gasteiger partial charge is 0.497 e. The molecule has 1 saturated heterocycles. The Morgan fingerprint density at radius 3 is 2.97 bits per heavy atom. The predicted molar refractivity (Wildman–Crippen MR) is 125 cm³/mol. The molecule has 2 aromatic heterocycles. The Balaban J connectivity index is 1.26. The number of nitrogens with zero attached hydrogens (tertiary/aromatic N) is 4. The molecule has 1 aliphatic rings. The number of fused-ring (bicyclic) bond motifs is 1. The van der Waals surface area contributed by atoms with Gasteiger partial charge in [-0.3, -0.25) is 4.79 Å². The Labute approximate surface area is 193 Å². The highest BCUT2D eigenvalue weighted by Crippen LogP contribution is 2.28. The zero-order chi connectivity index (χ0) is 22.8. The van der Waals surface area contributed by atoms with Crippen LogP contribution in [0.4, 0.5) is 0 Å². The molecule has 0 N–H and O–H groups in total. The van der Waals surface area contributed by atoms with Gasteiger partial charge in [-0.25, -0.2) is 9.97 Å². The first kappa shape index (κ1) is 21.2. The van der Waals surface area contributed by atoms with Crippen molar-refractivity contribution in [3.63, 3.8) is 0 Å². The van der Waals surface area contributed by atoms with Gasteiger partial charge in [0.25, 0.3) is 0 Å². The highest BCUT2D eigenvalue weighted by Gasteiger charge is 2.28. The molecule has 1 amide bonds. The number of hydrogen-bond donors (Lipinski definition) is 0. The Morgan fingerprint density at radius 2 is 2.09 bits per heavy atom. The lowest BCUT2D eigenvalue weighted by Gasteiger charge is -2.31. The van der Waals surface area contributed by atoms with Crippen molar-refractivity contribution in [2.24, 2.45) is 0 Å². The Morgan fingerprint density at radius 1 is 1.21 bits per heavy atom. The first-order valence-electron chi connectivity index (χ1n) is 11.4. The van der Waals surface area contributed by atoms with E-state index in [0.717, 1.165) is 59.2 Å². The maximum absolute atomic E-state index is 13.2. The molecule has 0 saturated carbocycles. The third kappa shape index (κ3) is 4.49. The van der Waals surface area contributed by atoms with Crippen LogP contribution in [-0.2, 0) is 17.8 Å². The normalized spacial score (nSPS) is 16.3. The summed E-state index contributed by atoms with van der Waals surface area (Å²) in [6.45, 7) is 3.64. The summed E-state index contributed by atoms with van der Waals surface area (Å²) in [4.78, 5) is 24.2. The number of aromatic nitrogens is 3. The summed E-state index contributed by atoms with van der Waals surface area (Å²) >= 11 is 0. The quantitative estimate of drug-likeness (QED) is 0.442. The number of hydrogen-bond acceptors (Lipinski definition) is 5. The van der Waals surface area contributed by atoms with E-state index < -0.39 is 0 Å². The van der Waals surface area contributed by atoms with Crippen LogP contribution in [0.5, 0.6) is 5.75 Å². The molecule has 0 aliphatic carbocycles. The summed E-state index contributed by atoms with van der Waals surface area (Å²) in [5.74, 6) is 3.44. The molecule has 33 heavy (non-hydrogen) atoms. The third-order valence-corrected chi connectivity index (χ3v) is 6.35. The number of ether oxygens (including phenoxy) is 1. The fourth-order valence-corrected chi connectivity index (χ4v) is 4.61. The second-order valence-corrected chi connectivity index (χ2v) is 8.61. The molecule has 3 heterocycles. The second-order valence-electron chi connectivity index (χ2n) is 8.61. The molecule has 1 atom stereocenters. The van der Waals surface area contributed by atoms with E-state index in [1.807, 2.05) is 64.9 Å². The Hall–Kier alpha value is -3.61. The number of amides is 1. The van der Waals surface area contributed by atoms with E-state index in [4.69, 9.17) is 9.15 Å². The maximum atomic E-state index is 13.2. The minimum absolute atomic E-state index is 0.106. The number of aryl methyl sites for hydroxylation is 1. The van der Waals surface area contributed by atoms with Crippen molar-refractivity contribution in [3.05, 3.63) is 77.8 Å². The number of benzene rings is 2. The molecule has 5 rings (SSSR count). The van der Waals surface area contributed by atoms with Gasteiger partial charge in [-0.05, 0) is 49.6 Å². The minimum atomic E-state index is 0.106. The van der Waals surface area contributed by atoms with Gasteiger partial charge >= 0.3 is 0 Å². The predicted octanol–water partition coefficient (Wildman–Crippen LogP) is 4.34. The number of rotatable bonds is 6. The van der Waals surface area contributed by atoms with Crippen molar-refractivity contribution in [1.82, 2.24) is 19.4 Å². The first-order chi connectivity index (χ1) is 16.1. The number of carbonyl (C=O) groups is 1. The van der Waals surface area contributed by atoms with Gasteiger partial charge in [0.05, 0.1) is 30.3 Å². The molecule has 0 bridgehead atoms. The van der Waals surface area contributed by atoms with Crippen molar-refractivity contribution < 1.29 is 13.9 Å². The summed E-state index contributed by atoms with van der Waals surface area (Å²) in [6.07, 6.45) is 4.37. The van der Waals surface area contributed by atoms with Crippen LogP contribution in [0.3, 0.4) is 0 Å². The van der Waals surface area contributed by atoms with Gasteiger partial charge in [0, 0.05) is 19.5 Å². The van der Waals surface area contributed by atoms with E-state index >= 15 is 0 Å². The van der Waals surface area contributed by atoms with Crippen molar-refractivity contribution in [2.45, 2.75) is 38.6 Å². The molecule has 7 heteroatoms. The zero-order valence-corrected chi connectivity index (χ0v) is 19.0. The van der Waals surface area contributed by atoms with Crippen molar-refractivity contribution >= 4 is 16.9 Å². The van der Waals surface area contributed by atoms with Gasteiger partial charge in [-0.15, -0.1) is 0 Å². The molecule has 4 aromatic rings. The Kier molecular flexibility index (Phi) is 5.86. The summed E-state index contributed by atoms with van der Waals surface area (Å²) < 4.78 is 13.4. The number of methoxy groups -OCH3 is 1. The van der Waals surface area contributed by atoms with Crippen LogP contribution in [0.1, 0.15) is 41.8 Å². The molecular formula is C26H28N4O3. The van der Waals surface area contributed by atoms with E-state index in [1.54, 1.807) is 13.3 Å². The van der Waals surface area contributed by atoms with Crippen LogP contribution in [0.15, 0.2) is 59.1 Å². The molecule has 1 aliphatic heterocycles. The third-order valence-electron chi connectivity index (χ3n) is 6.35. The van der Waals surface area contributed by atoms with E-state index in [9.17, 15) is 4.79 Å². The smallest absolute Gasteiger partial charge is 0.242 e. The molecular weight excluding hydrogens is 416 g/mol. The summed E-state index contributed by atoms with van der Waals surface area (Å²) in [6, 6.07) is 15.9. The topological polar surface area (TPSA) is 73.4 Å². The monoisotopic (exact) mass is 444 g/mol. The highest BCUT2D eigenvalue weighted by atomic mass is 16.5. The van der Waals surface area contributed by atoms with Crippen molar-refractivity contribution in [1.29, 1.82) is 0 Å². The molecule has 2 aromatic carbocycles. The summed E-state index contributed by atoms with van der Waals surface area (Å²) in [5.41, 5.74) is 3.02. The van der Waals surface area contributed by atoms with Gasteiger partial charge in [0.1, 0.15) is 23.9 Å². The van der Waals surface area contributed by atoms with Crippen LogP contribution in [-0.4, -0.2) is 45.5 Å². The van der Waals surface area contributed by atoms with Gasteiger partial charge < -0.3 is 18.6 Å². The molecule has 0 radical (unpaired) electrons. The standard InChI is InChI=1S/C26H28N4O3/c1-18-28-23-10-3-4-11-24(23)30(18)17-25(31)29-12-6-8-20(16-29)26-27-15-22(33-26)14-19-7-5-9-21(13-19)32-2/h3-5,7,9-11,13,15,20H,6,8,12,14,16-17H2,1-2H3. The fraction of sp³-hybridized carbons (Fsp3) is 0.346. The fourth-order valence-electron chi connectivity index (χ4n) is 4.61. The van der Waals surface area contributed by atoms with Crippen LogP contribution >= 0.6 is 0 Å². The van der Waals surface area contributed by atoms with Crippen LogP contribution < -0.4 is 4.74 Å². The number of para-hydroxylation sites is 2. The average molecular weight is 445 g/mol. The van der Waals surface area contributed by atoms with Crippen LogP contribution in [0.2, 0.25) is 0 Å². The maximum Gasteiger partial charge on any atom is 0.242 e. The number of likely N-dealkylation sites (tertiary alicyclic amines) is 1. The van der Waals surface area contributed by atoms with E-state index in [0.29, 0.717) is 19.5 Å². The second kappa shape index (κ2) is 9.10. The molecule has 170 valence electrons. The first-order valence-corrected chi connectivity index (χ1v) is 11.4. The lowest BCUT2D eigenvalue weighted by atomic mass is 9.98. The van der Waals surface area contributed by atoms with Crippen LogP contribution in [0, 0.1) is 6.92 Å². The SMILES string of the molecule is COc1cccc(Cc2cnc(C3CCCN(C(=O)Cn4c(C)nc5ccccc54)C3)o2)c1. The van der Waals surface area contributed by atoms with Gasteiger partial charge in [0.2, 0.25) is 5.91 Å². The molecule has 1 fully saturated rings. The molecule has 7 nitrogen and oxygen atoms in total. The van der Waals surface area contributed by atoms with Crippen molar-refractivity contribution in [3.8, 4) is 5.75 Å². The van der Waals surface area contributed by atoms with Crippen molar-refractivity contribution in [2.75, 3.05) is 20.2 Å². The van der Waals surface area contributed by atoms with Gasteiger partial charge in [0.15, 0.2) is 5.89 Å². The van der Waals surface area contributed by atoms with Gasteiger partial charge in [-0.2, -0.15) is 0 Å². The van der Waals surface area contributed by atoms with Crippen LogP contribution in [0.25, 0.3) is 11.0 Å². The number of carbonyl (C=O) groups excluding carboxylic acids is 1. The number of piperidine rings is 1. The number of oxazole rings is 1. The lowest BCUT2D eigenvalue weighted by molar-refractivity contribution is -0.133.